The lowest BCUT2D eigenvalue weighted by molar-refractivity contribution is 0.408. The fourth-order valence-electron chi connectivity index (χ4n) is 2.28. The van der Waals surface area contributed by atoms with Crippen LogP contribution in [0.15, 0.2) is 46.3 Å². The molecule has 140 valence electrons. The van der Waals surface area contributed by atoms with E-state index in [9.17, 15) is 27.6 Å². The predicted molar refractivity (Wildman–Crippen MR) is 92.5 cm³/mol. The van der Waals surface area contributed by atoms with Gasteiger partial charge >= 0.3 is 0 Å². The summed E-state index contributed by atoms with van der Waals surface area (Å²) in [6, 6.07) is 10.6. The summed E-state index contributed by atoms with van der Waals surface area (Å²) < 4.78 is 53.0. The number of rotatable bonds is 4. The minimum absolute atomic E-state index is 0.0783. The van der Waals surface area contributed by atoms with Crippen molar-refractivity contribution < 1.29 is 17.6 Å². The van der Waals surface area contributed by atoms with E-state index in [1.807, 2.05) is 0 Å². The van der Waals surface area contributed by atoms with Crippen LogP contribution >= 0.6 is 0 Å². The SMILES string of the molecule is N#Cc1c(-c2ccccc2)nc(NN=Cc2cc(F)c(F)c(F)c2F)[nH]c1=O. The molecule has 0 fully saturated rings. The topological polar surface area (TPSA) is 93.9 Å². The number of nitrogens with zero attached hydrogens (tertiary/aromatic N) is 3. The van der Waals surface area contributed by atoms with Crippen molar-refractivity contribution in [2.45, 2.75) is 0 Å². The highest BCUT2D eigenvalue weighted by Gasteiger charge is 2.18. The van der Waals surface area contributed by atoms with Crippen molar-refractivity contribution in [1.29, 1.82) is 5.26 Å². The van der Waals surface area contributed by atoms with Crippen LogP contribution in [0.1, 0.15) is 11.1 Å². The molecule has 10 heteroatoms. The molecule has 0 spiro atoms. The zero-order valence-electron chi connectivity index (χ0n) is 13.8. The molecule has 3 aromatic rings. The number of aromatic nitrogens is 2. The first kappa shape index (κ1) is 18.8. The number of nitriles is 1. The van der Waals surface area contributed by atoms with Gasteiger partial charge < -0.3 is 0 Å². The van der Waals surface area contributed by atoms with Crippen LogP contribution in [-0.4, -0.2) is 16.2 Å². The minimum Gasteiger partial charge on any atom is -0.290 e. The van der Waals surface area contributed by atoms with Gasteiger partial charge in [-0.05, 0) is 6.07 Å². The van der Waals surface area contributed by atoms with Crippen molar-refractivity contribution >= 4 is 12.2 Å². The number of aromatic amines is 1. The van der Waals surface area contributed by atoms with Gasteiger partial charge in [0.1, 0.15) is 11.6 Å². The van der Waals surface area contributed by atoms with Crippen LogP contribution in [0.4, 0.5) is 23.5 Å². The van der Waals surface area contributed by atoms with Gasteiger partial charge in [0.2, 0.25) is 5.95 Å². The number of benzene rings is 2. The zero-order chi connectivity index (χ0) is 20.3. The van der Waals surface area contributed by atoms with E-state index in [0.717, 1.165) is 0 Å². The quantitative estimate of drug-likeness (QED) is 0.236. The van der Waals surface area contributed by atoms with Crippen LogP contribution in [0.3, 0.4) is 0 Å². The van der Waals surface area contributed by atoms with Gasteiger partial charge in [0, 0.05) is 11.1 Å². The molecule has 0 bridgehead atoms. The molecule has 1 heterocycles. The van der Waals surface area contributed by atoms with E-state index >= 15 is 0 Å². The Kier molecular flexibility index (Phi) is 5.17. The molecular formula is C18H9F4N5O. The third-order valence-electron chi connectivity index (χ3n) is 3.58. The molecule has 0 aliphatic carbocycles. The van der Waals surface area contributed by atoms with Gasteiger partial charge in [0.05, 0.1) is 11.9 Å². The Bertz CT molecular complexity index is 1170. The van der Waals surface area contributed by atoms with Crippen molar-refractivity contribution in [3.8, 4) is 17.3 Å². The van der Waals surface area contributed by atoms with Gasteiger partial charge in [-0.3, -0.25) is 9.78 Å². The van der Waals surface area contributed by atoms with Gasteiger partial charge in [-0.25, -0.2) is 28.0 Å². The highest BCUT2D eigenvalue weighted by Crippen LogP contribution is 2.20. The molecule has 0 aliphatic rings. The Morgan fingerprint density at radius 3 is 2.50 bits per heavy atom. The fraction of sp³-hybridized carbons (Fsp3) is 0. The molecule has 6 nitrogen and oxygen atoms in total. The van der Waals surface area contributed by atoms with E-state index in [0.29, 0.717) is 17.8 Å². The summed E-state index contributed by atoms with van der Waals surface area (Å²) in [4.78, 5) is 18.4. The molecule has 1 aromatic heterocycles. The molecule has 0 atom stereocenters. The summed E-state index contributed by atoms with van der Waals surface area (Å²) in [6.07, 6.45) is 0.682. The largest absolute Gasteiger partial charge is 0.290 e. The zero-order valence-corrected chi connectivity index (χ0v) is 13.8. The molecule has 0 saturated heterocycles. The Balaban J connectivity index is 1.94. The lowest BCUT2D eigenvalue weighted by Gasteiger charge is -2.06. The van der Waals surface area contributed by atoms with Gasteiger partial charge in [-0.2, -0.15) is 10.4 Å². The van der Waals surface area contributed by atoms with Crippen LogP contribution in [0.25, 0.3) is 11.3 Å². The van der Waals surface area contributed by atoms with E-state index in [-0.39, 0.29) is 17.2 Å². The molecule has 3 rings (SSSR count). The molecular weight excluding hydrogens is 378 g/mol. The maximum absolute atomic E-state index is 13.6. The molecule has 0 aliphatic heterocycles. The van der Waals surface area contributed by atoms with Gasteiger partial charge in [-0.15, -0.1) is 0 Å². The molecule has 28 heavy (non-hydrogen) atoms. The summed E-state index contributed by atoms with van der Waals surface area (Å²) in [7, 11) is 0. The van der Waals surface area contributed by atoms with Crippen molar-refractivity contribution in [2.24, 2.45) is 5.10 Å². The number of halogens is 4. The van der Waals surface area contributed by atoms with Crippen molar-refractivity contribution in [2.75, 3.05) is 5.43 Å². The maximum Gasteiger partial charge on any atom is 0.270 e. The van der Waals surface area contributed by atoms with Crippen molar-refractivity contribution in [3.05, 3.63) is 81.1 Å². The van der Waals surface area contributed by atoms with Crippen molar-refractivity contribution in [3.63, 3.8) is 0 Å². The second-order valence-corrected chi connectivity index (χ2v) is 5.38. The first-order chi connectivity index (χ1) is 13.4. The maximum atomic E-state index is 13.6. The highest BCUT2D eigenvalue weighted by molar-refractivity contribution is 5.80. The van der Waals surface area contributed by atoms with E-state index < -0.39 is 34.4 Å². The summed E-state index contributed by atoms with van der Waals surface area (Å²) >= 11 is 0. The first-order valence-corrected chi connectivity index (χ1v) is 7.64. The average molecular weight is 387 g/mol. The molecule has 2 aromatic carbocycles. The summed E-state index contributed by atoms with van der Waals surface area (Å²) in [5, 5.41) is 12.7. The highest BCUT2D eigenvalue weighted by atomic mass is 19.2. The van der Waals surface area contributed by atoms with Gasteiger partial charge in [0.25, 0.3) is 5.56 Å². The van der Waals surface area contributed by atoms with E-state index in [1.54, 1.807) is 36.4 Å². The first-order valence-electron chi connectivity index (χ1n) is 7.64. The van der Waals surface area contributed by atoms with Crippen LogP contribution in [0, 0.1) is 34.6 Å². The lowest BCUT2D eigenvalue weighted by Crippen LogP contribution is -2.16. The molecule has 2 N–H and O–H groups in total. The number of H-pyrrole nitrogens is 1. The van der Waals surface area contributed by atoms with E-state index in [4.69, 9.17) is 0 Å². The second-order valence-electron chi connectivity index (χ2n) is 5.38. The smallest absolute Gasteiger partial charge is 0.270 e. The number of anilines is 1. The Hall–Kier alpha value is -4.00. The Morgan fingerprint density at radius 1 is 1.11 bits per heavy atom. The summed E-state index contributed by atoms with van der Waals surface area (Å²) in [5.74, 6) is -7.33. The average Bonchev–Trinajstić information content (AvgIpc) is 2.70. The summed E-state index contributed by atoms with van der Waals surface area (Å²) in [6.45, 7) is 0. The van der Waals surface area contributed by atoms with E-state index in [1.165, 1.54) is 0 Å². The Labute approximate surface area is 154 Å². The lowest BCUT2D eigenvalue weighted by atomic mass is 10.1. The van der Waals surface area contributed by atoms with Gasteiger partial charge in [0.15, 0.2) is 23.3 Å². The van der Waals surface area contributed by atoms with Crippen molar-refractivity contribution in [1.82, 2.24) is 9.97 Å². The second kappa shape index (κ2) is 7.71. The molecule has 0 radical (unpaired) electrons. The van der Waals surface area contributed by atoms with Crippen LogP contribution in [0.5, 0.6) is 0 Å². The number of hydrogen-bond donors (Lipinski definition) is 2. The Morgan fingerprint density at radius 2 is 1.82 bits per heavy atom. The third-order valence-corrected chi connectivity index (χ3v) is 3.58. The minimum atomic E-state index is -1.97. The predicted octanol–water partition coefficient (Wildman–Crippen LogP) is 3.31. The van der Waals surface area contributed by atoms with Crippen LogP contribution in [0.2, 0.25) is 0 Å². The monoisotopic (exact) mass is 387 g/mol. The number of nitrogens with one attached hydrogen (secondary N) is 2. The van der Waals surface area contributed by atoms with Crippen LogP contribution < -0.4 is 11.0 Å². The normalized spacial score (nSPS) is 10.8. The number of hydrazone groups is 1. The standard InChI is InChI=1S/C18H9F4N5O/c19-12-6-10(13(20)15(22)14(12)21)8-24-27-18-25-16(9-4-2-1-3-5-9)11(7-23)17(28)26-18/h1-6,8H,(H2,25,26,27,28). The van der Waals surface area contributed by atoms with Gasteiger partial charge in [-0.1, -0.05) is 30.3 Å². The third kappa shape index (κ3) is 3.59. The fourth-order valence-corrected chi connectivity index (χ4v) is 2.28. The summed E-state index contributed by atoms with van der Waals surface area (Å²) in [5.41, 5.74) is 1.19. The molecule has 0 saturated carbocycles. The molecule has 0 amide bonds. The molecule has 0 unspecified atom stereocenters. The van der Waals surface area contributed by atoms with Crippen LogP contribution in [-0.2, 0) is 0 Å². The number of hydrogen-bond acceptors (Lipinski definition) is 5. The van der Waals surface area contributed by atoms with E-state index in [2.05, 4.69) is 20.5 Å².